The third-order valence-corrected chi connectivity index (χ3v) is 2.43. The lowest BCUT2D eigenvalue weighted by Crippen LogP contribution is -2.31. The third kappa shape index (κ3) is 2.47. The number of hydrogen-bond acceptors (Lipinski definition) is 3. The molecule has 1 aromatic carbocycles. The Bertz CT molecular complexity index is 485. The lowest BCUT2D eigenvalue weighted by Gasteiger charge is -2.20. The van der Waals surface area contributed by atoms with Crippen molar-refractivity contribution < 1.29 is 4.79 Å². The Kier molecular flexibility index (Phi) is 3.45. The van der Waals surface area contributed by atoms with E-state index in [2.05, 4.69) is 9.97 Å². The van der Waals surface area contributed by atoms with E-state index in [1.807, 2.05) is 37.3 Å². The Morgan fingerprint density at radius 2 is 2.00 bits per heavy atom. The summed E-state index contributed by atoms with van der Waals surface area (Å²) in [6.07, 6.45) is 2.95. The molecule has 0 spiro atoms. The lowest BCUT2D eigenvalue weighted by molar-refractivity contribution is 0.0983. The molecule has 2 aromatic rings. The Morgan fingerprint density at radius 1 is 1.24 bits per heavy atom. The first kappa shape index (κ1) is 11.3. The molecule has 86 valence electrons. The van der Waals surface area contributed by atoms with Crippen molar-refractivity contribution in [2.45, 2.75) is 6.92 Å². The number of para-hydroxylation sites is 1. The van der Waals surface area contributed by atoms with E-state index in [-0.39, 0.29) is 5.91 Å². The predicted octanol–water partition coefficient (Wildman–Crippen LogP) is 2.14. The fraction of sp³-hybridized carbons (Fsp3) is 0.154. The van der Waals surface area contributed by atoms with Crippen LogP contribution in [0, 0.1) is 0 Å². The summed E-state index contributed by atoms with van der Waals surface area (Å²) >= 11 is 0. The maximum Gasteiger partial charge on any atom is 0.276 e. The second kappa shape index (κ2) is 5.21. The van der Waals surface area contributed by atoms with Crippen LogP contribution in [0.4, 0.5) is 5.69 Å². The molecule has 17 heavy (non-hydrogen) atoms. The van der Waals surface area contributed by atoms with Gasteiger partial charge in [-0.2, -0.15) is 0 Å². The maximum atomic E-state index is 12.2. The first-order valence-electron chi connectivity index (χ1n) is 5.46. The Morgan fingerprint density at radius 3 is 2.59 bits per heavy atom. The zero-order chi connectivity index (χ0) is 12.1. The molecule has 4 heteroatoms. The van der Waals surface area contributed by atoms with E-state index >= 15 is 0 Å². The topological polar surface area (TPSA) is 46.1 Å². The van der Waals surface area contributed by atoms with Crippen molar-refractivity contribution in [1.82, 2.24) is 9.97 Å². The fourth-order valence-electron chi connectivity index (χ4n) is 1.61. The van der Waals surface area contributed by atoms with Gasteiger partial charge in [-0.05, 0) is 25.1 Å². The number of rotatable bonds is 3. The van der Waals surface area contributed by atoms with E-state index in [9.17, 15) is 4.79 Å². The molecular weight excluding hydrogens is 214 g/mol. The first-order chi connectivity index (χ1) is 8.33. The molecule has 4 nitrogen and oxygen atoms in total. The highest BCUT2D eigenvalue weighted by atomic mass is 16.2. The molecule has 1 heterocycles. The van der Waals surface area contributed by atoms with Crippen molar-refractivity contribution >= 4 is 11.6 Å². The van der Waals surface area contributed by atoms with Gasteiger partial charge in [-0.25, -0.2) is 9.97 Å². The number of anilines is 1. The lowest BCUT2D eigenvalue weighted by atomic mass is 10.2. The molecule has 0 aliphatic rings. The standard InChI is InChI=1S/C13H13N3O/c1-2-16(11-6-4-3-5-7-11)13(17)12-8-9-14-10-15-12/h3-10H,2H2,1H3. The first-order valence-corrected chi connectivity index (χ1v) is 5.46. The van der Waals surface area contributed by atoms with Crippen LogP contribution in [0.2, 0.25) is 0 Å². The summed E-state index contributed by atoms with van der Waals surface area (Å²) in [5.74, 6) is -0.110. The number of amides is 1. The monoisotopic (exact) mass is 227 g/mol. The molecule has 1 aromatic heterocycles. The third-order valence-electron chi connectivity index (χ3n) is 2.43. The van der Waals surface area contributed by atoms with Crippen LogP contribution in [0.25, 0.3) is 0 Å². The average Bonchev–Trinajstić information content (AvgIpc) is 2.42. The van der Waals surface area contributed by atoms with Crippen molar-refractivity contribution in [2.24, 2.45) is 0 Å². The van der Waals surface area contributed by atoms with Crippen LogP contribution in [0.5, 0.6) is 0 Å². The molecule has 2 rings (SSSR count). The molecular formula is C13H13N3O. The van der Waals surface area contributed by atoms with Crippen LogP contribution < -0.4 is 4.90 Å². The molecule has 0 fully saturated rings. The molecule has 0 aliphatic heterocycles. The number of benzene rings is 1. The number of hydrogen-bond donors (Lipinski definition) is 0. The summed E-state index contributed by atoms with van der Waals surface area (Å²) in [6.45, 7) is 2.54. The van der Waals surface area contributed by atoms with Crippen molar-refractivity contribution in [3.8, 4) is 0 Å². The van der Waals surface area contributed by atoms with E-state index in [1.54, 1.807) is 17.2 Å². The second-order valence-electron chi connectivity index (χ2n) is 3.48. The Labute approximate surface area is 99.9 Å². The molecule has 0 N–H and O–H groups in total. The summed E-state index contributed by atoms with van der Waals surface area (Å²) in [4.78, 5) is 21.7. The van der Waals surface area contributed by atoms with Gasteiger partial charge in [0.05, 0.1) is 0 Å². The summed E-state index contributed by atoms with van der Waals surface area (Å²) in [6, 6.07) is 11.2. The van der Waals surface area contributed by atoms with Gasteiger partial charge in [0, 0.05) is 18.4 Å². The van der Waals surface area contributed by atoms with Gasteiger partial charge in [0.1, 0.15) is 12.0 Å². The molecule has 0 radical (unpaired) electrons. The summed E-state index contributed by atoms with van der Waals surface area (Å²) in [5, 5.41) is 0. The quantitative estimate of drug-likeness (QED) is 0.807. The van der Waals surface area contributed by atoms with E-state index in [0.717, 1.165) is 5.69 Å². The average molecular weight is 227 g/mol. The van der Waals surface area contributed by atoms with Gasteiger partial charge in [-0.15, -0.1) is 0 Å². The van der Waals surface area contributed by atoms with Gasteiger partial charge in [-0.3, -0.25) is 4.79 Å². The van der Waals surface area contributed by atoms with Crippen LogP contribution in [0.1, 0.15) is 17.4 Å². The van der Waals surface area contributed by atoms with Crippen LogP contribution in [0.3, 0.4) is 0 Å². The SMILES string of the molecule is CCN(C(=O)c1ccncn1)c1ccccc1. The second-order valence-corrected chi connectivity index (χ2v) is 3.48. The van der Waals surface area contributed by atoms with Gasteiger partial charge in [0.25, 0.3) is 5.91 Å². The van der Waals surface area contributed by atoms with Gasteiger partial charge in [0.15, 0.2) is 0 Å². The van der Waals surface area contributed by atoms with E-state index in [0.29, 0.717) is 12.2 Å². The largest absolute Gasteiger partial charge is 0.307 e. The van der Waals surface area contributed by atoms with Crippen LogP contribution in [-0.2, 0) is 0 Å². The smallest absolute Gasteiger partial charge is 0.276 e. The molecule has 0 saturated carbocycles. The molecule has 0 saturated heterocycles. The highest BCUT2D eigenvalue weighted by Crippen LogP contribution is 2.15. The van der Waals surface area contributed by atoms with E-state index < -0.39 is 0 Å². The zero-order valence-electron chi connectivity index (χ0n) is 9.58. The van der Waals surface area contributed by atoms with Crippen molar-refractivity contribution in [3.63, 3.8) is 0 Å². The molecule has 0 bridgehead atoms. The van der Waals surface area contributed by atoms with Gasteiger partial charge < -0.3 is 4.90 Å². The number of carbonyl (C=O) groups is 1. The van der Waals surface area contributed by atoms with Gasteiger partial charge in [-0.1, -0.05) is 18.2 Å². The molecule has 0 unspecified atom stereocenters. The van der Waals surface area contributed by atoms with Crippen LogP contribution >= 0.6 is 0 Å². The van der Waals surface area contributed by atoms with Crippen molar-refractivity contribution in [2.75, 3.05) is 11.4 Å². The summed E-state index contributed by atoms with van der Waals surface area (Å²) in [7, 11) is 0. The van der Waals surface area contributed by atoms with Crippen molar-refractivity contribution in [1.29, 1.82) is 0 Å². The number of nitrogens with zero attached hydrogens (tertiary/aromatic N) is 3. The van der Waals surface area contributed by atoms with E-state index in [1.165, 1.54) is 6.33 Å². The van der Waals surface area contributed by atoms with Crippen molar-refractivity contribution in [3.05, 3.63) is 54.6 Å². The van der Waals surface area contributed by atoms with Gasteiger partial charge in [0.2, 0.25) is 0 Å². The predicted molar refractivity (Wildman–Crippen MR) is 65.8 cm³/mol. The minimum Gasteiger partial charge on any atom is -0.307 e. The normalized spacial score (nSPS) is 9.94. The molecule has 0 atom stereocenters. The molecule has 1 amide bonds. The summed E-state index contributed by atoms with van der Waals surface area (Å²) < 4.78 is 0. The van der Waals surface area contributed by atoms with Crippen LogP contribution in [-0.4, -0.2) is 22.4 Å². The number of carbonyl (C=O) groups excluding carboxylic acids is 1. The zero-order valence-corrected chi connectivity index (χ0v) is 9.58. The summed E-state index contributed by atoms with van der Waals surface area (Å²) in [5.41, 5.74) is 1.28. The molecule has 0 aliphatic carbocycles. The minimum atomic E-state index is -0.110. The highest BCUT2D eigenvalue weighted by molar-refractivity contribution is 6.04. The Balaban J connectivity index is 2.29. The van der Waals surface area contributed by atoms with Gasteiger partial charge >= 0.3 is 0 Å². The van der Waals surface area contributed by atoms with E-state index in [4.69, 9.17) is 0 Å². The Hall–Kier alpha value is -2.23. The van der Waals surface area contributed by atoms with Crippen LogP contribution in [0.15, 0.2) is 48.9 Å². The minimum absolute atomic E-state index is 0.110. The maximum absolute atomic E-state index is 12.2. The number of aromatic nitrogens is 2. The fourth-order valence-corrected chi connectivity index (χ4v) is 1.61. The highest BCUT2D eigenvalue weighted by Gasteiger charge is 2.16.